The summed E-state index contributed by atoms with van der Waals surface area (Å²) in [6, 6.07) is 49.3. The van der Waals surface area contributed by atoms with Crippen molar-refractivity contribution in [2.75, 3.05) is 0 Å². The van der Waals surface area contributed by atoms with Crippen molar-refractivity contribution < 1.29 is 4.42 Å². The van der Waals surface area contributed by atoms with E-state index in [-0.39, 0.29) is 0 Å². The van der Waals surface area contributed by atoms with E-state index in [1.165, 1.54) is 0 Å². The molecule has 6 aromatic carbocycles. The van der Waals surface area contributed by atoms with Crippen LogP contribution in [0.25, 0.3) is 88.0 Å². The van der Waals surface area contributed by atoms with Crippen molar-refractivity contribution in [2.24, 2.45) is 0 Å². The van der Waals surface area contributed by atoms with Gasteiger partial charge >= 0.3 is 0 Å². The average molecular weight is 609 g/mol. The van der Waals surface area contributed by atoms with Crippen LogP contribution in [0.5, 0.6) is 0 Å². The Balaban J connectivity index is 1.26. The van der Waals surface area contributed by atoms with Gasteiger partial charge in [-0.25, -0.2) is 19.9 Å². The zero-order valence-electron chi connectivity index (χ0n) is 24.5. The SMILES string of the molecule is c1ccc(-c2ccc(-c3nc(-c4ccccc4)nc(-c4cccc5oc6cccc(-c7nc8ccccc8s7)c6c45)n3)cc2)cc1. The molecular weight excluding hydrogens is 585 g/mol. The predicted molar refractivity (Wildman–Crippen MR) is 187 cm³/mol. The number of benzene rings is 6. The number of rotatable bonds is 5. The van der Waals surface area contributed by atoms with Gasteiger partial charge in [0.15, 0.2) is 17.5 Å². The maximum absolute atomic E-state index is 6.44. The van der Waals surface area contributed by atoms with Crippen LogP contribution >= 0.6 is 11.3 Å². The van der Waals surface area contributed by atoms with Crippen LogP contribution < -0.4 is 0 Å². The van der Waals surface area contributed by atoms with Gasteiger partial charge in [0.2, 0.25) is 0 Å². The van der Waals surface area contributed by atoms with Crippen LogP contribution in [0.2, 0.25) is 0 Å². The summed E-state index contributed by atoms with van der Waals surface area (Å²) < 4.78 is 7.59. The molecule has 0 bridgehead atoms. The minimum atomic E-state index is 0.586. The summed E-state index contributed by atoms with van der Waals surface area (Å²) in [5.74, 6) is 1.81. The fourth-order valence-electron chi connectivity index (χ4n) is 6.00. The number of hydrogen-bond donors (Lipinski definition) is 0. The van der Waals surface area contributed by atoms with E-state index >= 15 is 0 Å². The van der Waals surface area contributed by atoms with Crippen molar-refractivity contribution in [3.8, 4) is 55.9 Å². The lowest BCUT2D eigenvalue weighted by atomic mass is 10.0. The topological polar surface area (TPSA) is 64.7 Å². The molecule has 0 spiro atoms. The molecule has 0 aliphatic carbocycles. The fraction of sp³-hybridized carbons (Fsp3) is 0. The number of hydrogen-bond acceptors (Lipinski definition) is 6. The summed E-state index contributed by atoms with van der Waals surface area (Å²) >= 11 is 1.68. The fourth-order valence-corrected chi connectivity index (χ4v) is 7.00. The third-order valence-corrected chi connectivity index (χ3v) is 9.27. The molecule has 46 heavy (non-hydrogen) atoms. The van der Waals surface area contributed by atoms with Gasteiger partial charge in [0.25, 0.3) is 0 Å². The van der Waals surface area contributed by atoms with Crippen LogP contribution in [-0.4, -0.2) is 19.9 Å². The Morgan fingerprint density at radius 3 is 1.61 bits per heavy atom. The van der Waals surface area contributed by atoms with Gasteiger partial charge in [0.1, 0.15) is 16.2 Å². The predicted octanol–water partition coefficient (Wildman–Crippen LogP) is 10.7. The van der Waals surface area contributed by atoms with Gasteiger partial charge in [-0.15, -0.1) is 11.3 Å². The minimum Gasteiger partial charge on any atom is -0.456 e. The highest BCUT2D eigenvalue weighted by molar-refractivity contribution is 7.21. The summed E-state index contributed by atoms with van der Waals surface area (Å²) in [6.07, 6.45) is 0. The molecule has 9 rings (SSSR count). The Labute approximate surface area is 268 Å². The minimum absolute atomic E-state index is 0.586. The first-order chi connectivity index (χ1) is 22.8. The molecule has 0 aliphatic heterocycles. The first-order valence-corrected chi connectivity index (χ1v) is 15.9. The summed E-state index contributed by atoms with van der Waals surface area (Å²) in [5, 5.41) is 2.91. The van der Waals surface area contributed by atoms with Crippen LogP contribution in [-0.2, 0) is 0 Å². The lowest BCUT2D eigenvalue weighted by Gasteiger charge is -2.10. The third kappa shape index (κ3) is 4.55. The number of fused-ring (bicyclic) bond motifs is 4. The van der Waals surface area contributed by atoms with Gasteiger partial charge in [-0.2, -0.15) is 0 Å². The molecule has 0 unspecified atom stereocenters. The molecule has 3 heterocycles. The summed E-state index contributed by atoms with van der Waals surface area (Å²) in [6.45, 7) is 0. The molecule has 0 amide bonds. The summed E-state index contributed by atoms with van der Waals surface area (Å²) in [5.41, 5.74) is 8.61. The molecule has 0 saturated heterocycles. The molecular formula is C40H24N4OS. The van der Waals surface area contributed by atoms with Gasteiger partial charge in [0.05, 0.1) is 10.2 Å². The van der Waals surface area contributed by atoms with E-state index < -0.39 is 0 Å². The van der Waals surface area contributed by atoms with Crippen LogP contribution in [0.4, 0.5) is 0 Å². The molecule has 216 valence electrons. The molecule has 0 aliphatic rings. The zero-order valence-corrected chi connectivity index (χ0v) is 25.3. The maximum atomic E-state index is 6.44. The van der Waals surface area contributed by atoms with Gasteiger partial charge < -0.3 is 4.42 Å². The van der Waals surface area contributed by atoms with E-state index in [1.54, 1.807) is 11.3 Å². The van der Waals surface area contributed by atoms with E-state index in [0.29, 0.717) is 17.5 Å². The van der Waals surface area contributed by atoms with E-state index in [9.17, 15) is 0 Å². The highest BCUT2D eigenvalue weighted by Crippen LogP contribution is 2.43. The van der Waals surface area contributed by atoms with Crippen molar-refractivity contribution in [1.29, 1.82) is 0 Å². The summed E-state index contributed by atoms with van der Waals surface area (Å²) in [7, 11) is 0. The molecule has 0 fully saturated rings. The Hall–Kier alpha value is -5.98. The van der Waals surface area contributed by atoms with Crippen LogP contribution in [0.1, 0.15) is 0 Å². The second-order valence-corrected chi connectivity index (χ2v) is 12.1. The van der Waals surface area contributed by atoms with Crippen LogP contribution in [0.3, 0.4) is 0 Å². The largest absolute Gasteiger partial charge is 0.456 e. The molecule has 0 radical (unpaired) electrons. The van der Waals surface area contributed by atoms with Crippen molar-refractivity contribution in [2.45, 2.75) is 0 Å². The molecule has 0 N–H and O–H groups in total. The standard InChI is InChI=1S/C40H24N4OS/c1-3-11-25(12-4-1)26-21-23-28(24-22-26)38-42-37(27-13-5-2-6-14-27)43-39(44-38)29-15-9-18-32-35(29)36-30(16-10-19-33(36)45-32)40-41-31-17-7-8-20-34(31)46-40/h1-24H. The van der Waals surface area contributed by atoms with E-state index in [2.05, 4.69) is 72.8 Å². The summed E-state index contributed by atoms with van der Waals surface area (Å²) in [4.78, 5) is 20.1. The number of furan rings is 1. The Morgan fingerprint density at radius 1 is 0.391 bits per heavy atom. The Kier molecular flexibility index (Phi) is 6.25. The molecule has 6 heteroatoms. The van der Waals surface area contributed by atoms with Crippen molar-refractivity contribution >= 4 is 43.5 Å². The normalized spacial score (nSPS) is 11.5. The second-order valence-electron chi connectivity index (χ2n) is 11.1. The van der Waals surface area contributed by atoms with Crippen molar-refractivity contribution in [1.82, 2.24) is 19.9 Å². The lowest BCUT2D eigenvalue weighted by Crippen LogP contribution is -2.00. The van der Waals surface area contributed by atoms with E-state index in [4.69, 9.17) is 24.4 Å². The number of para-hydroxylation sites is 1. The van der Waals surface area contributed by atoms with Crippen LogP contribution in [0.15, 0.2) is 150 Å². The maximum Gasteiger partial charge on any atom is 0.164 e. The highest BCUT2D eigenvalue weighted by Gasteiger charge is 2.21. The van der Waals surface area contributed by atoms with Gasteiger partial charge in [0, 0.05) is 33.0 Å². The zero-order chi connectivity index (χ0) is 30.5. The van der Waals surface area contributed by atoms with Gasteiger partial charge in [-0.05, 0) is 35.4 Å². The van der Waals surface area contributed by atoms with Crippen LogP contribution in [0, 0.1) is 0 Å². The first kappa shape index (κ1) is 26.4. The smallest absolute Gasteiger partial charge is 0.164 e. The van der Waals surface area contributed by atoms with Gasteiger partial charge in [-0.1, -0.05) is 121 Å². The number of aromatic nitrogens is 4. The second kappa shape index (κ2) is 10.9. The number of thiazole rings is 1. The lowest BCUT2D eigenvalue weighted by molar-refractivity contribution is 0.669. The number of nitrogens with zero attached hydrogens (tertiary/aromatic N) is 4. The monoisotopic (exact) mass is 608 g/mol. The molecule has 0 saturated carbocycles. The molecule has 5 nitrogen and oxygen atoms in total. The Bertz CT molecular complexity index is 2490. The average Bonchev–Trinajstić information content (AvgIpc) is 3.74. The first-order valence-electron chi connectivity index (χ1n) is 15.1. The van der Waals surface area contributed by atoms with E-state index in [0.717, 1.165) is 70.5 Å². The van der Waals surface area contributed by atoms with Crippen molar-refractivity contribution in [3.63, 3.8) is 0 Å². The Morgan fingerprint density at radius 2 is 0.913 bits per heavy atom. The molecule has 0 atom stereocenters. The van der Waals surface area contributed by atoms with E-state index in [1.807, 2.05) is 72.8 Å². The molecule has 9 aromatic rings. The highest BCUT2D eigenvalue weighted by atomic mass is 32.1. The van der Waals surface area contributed by atoms with Gasteiger partial charge in [-0.3, -0.25) is 0 Å². The quantitative estimate of drug-likeness (QED) is 0.194. The van der Waals surface area contributed by atoms with Crippen molar-refractivity contribution in [3.05, 3.63) is 146 Å². The third-order valence-electron chi connectivity index (χ3n) is 8.21. The molecule has 3 aromatic heterocycles.